The molecule has 9 nitrogen and oxygen atoms in total. The highest BCUT2D eigenvalue weighted by atomic mass is 32.2. The molecule has 0 saturated carbocycles. The fourth-order valence-electron chi connectivity index (χ4n) is 3.30. The van der Waals surface area contributed by atoms with Crippen LogP contribution in [0.25, 0.3) is 0 Å². The number of amidine groups is 1. The number of carbonyl (C=O) groups excluding carboxylic acids is 3. The van der Waals surface area contributed by atoms with Crippen molar-refractivity contribution in [2.75, 3.05) is 22.5 Å². The van der Waals surface area contributed by atoms with Crippen LogP contribution in [0.3, 0.4) is 0 Å². The number of Topliss-reactive ketones (excluding diaryl/α,β-unsaturated/α-hetero) is 1. The lowest BCUT2D eigenvalue weighted by atomic mass is 10.1. The number of carbonyl (C=O) groups is 3. The van der Waals surface area contributed by atoms with E-state index in [-0.39, 0.29) is 23.0 Å². The maximum atomic E-state index is 12.6. The highest BCUT2D eigenvalue weighted by molar-refractivity contribution is 8.15. The Morgan fingerprint density at radius 2 is 1.81 bits per heavy atom. The zero-order chi connectivity index (χ0) is 23.0. The number of thioether (sulfide) groups is 1. The smallest absolute Gasteiger partial charge is 0.338 e. The van der Waals surface area contributed by atoms with Crippen LogP contribution in [0.2, 0.25) is 0 Å². The monoisotopic (exact) mass is 473 g/mol. The van der Waals surface area contributed by atoms with Gasteiger partial charge in [-0.25, -0.2) is 13.2 Å². The number of esters is 1. The molecule has 0 spiro atoms. The summed E-state index contributed by atoms with van der Waals surface area (Å²) in [5.74, 6) is -1.32. The molecule has 1 amide bonds. The SMILES string of the molecule is CC(=O)Nc1ccc(C(=O)[C@H](C)OC(=O)c2ccc3c(c2)SC2=NS(=O)(=O)CCN23)cc1. The molecule has 2 heterocycles. The van der Waals surface area contributed by atoms with Crippen LogP contribution in [0.1, 0.15) is 34.6 Å². The molecule has 1 atom stereocenters. The third kappa shape index (κ3) is 4.53. The van der Waals surface area contributed by atoms with Gasteiger partial charge in [0.1, 0.15) is 0 Å². The summed E-state index contributed by atoms with van der Waals surface area (Å²) < 4.78 is 32.6. The van der Waals surface area contributed by atoms with Crippen LogP contribution in [0.5, 0.6) is 0 Å². The van der Waals surface area contributed by atoms with E-state index in [9.17, 15) is 22.8 Å². The minimum atomic E-state index is -3.47. The van der Waals surface area contributed by atoms with E-state index in [4.69, 9.17) is 4.74 Å². The summed E-state index contributed by atoms with van der Waals surface area (Å²) in [5.41, 5.74) is 1.94. The minimum absolute atomic E-state index is 0.0638. The van der Waals surface area contributed by atoms with Gasteiger partial charge in [-0.15, -0.1) is 4.40 Å². The Bertz CT molecular complexity index is 1250. The molecule has 2 aromatic carbocycles. The second-order valence-electron chi connectivity index (χ2n) is 7.27. The lowest BCUT2D eigenvalue weighted by molar-refractivity contribution is -0.114. The van der Waals surface area contributed by atoms with E-state index in [1.807, 2.05) is 0 Å². The summed E-state index contributed by atoms with van der Waals surface area (Å²) in [6.45, 7) is 3.18. The lowest BCUT2D eigenvalue weighted by Gasteiger charge is -2.22. The highest BCUT2D eigenvalue weighted by Crippen LogP contribution is 2.42. The maximum Gasteiger partial charge on any atom is 0.338 e. The van der Waals surface area contributed by atoms with Gasteiger partial charge in [0.15, 0.2) is 11.3 Å². The van der Waals surface area contributed by atoms with Gasteiger partial charge in [-0.3, -0.25) is 9.59 Å². The zero-order valence-corrected chi connectivity index (χ0v) is 18.8. The summed E-state index contributed by atoms with van der Waals surface area (Å²) in [4.78, 5) is 38.8. The molecule has 0 aromatic heterocycles. The first-order chi connectivity index (χ1) is 15.1. The number of anilines is 2. The van der Waals surface area contributed by atoms with Crippen molar-refractivity contribution in [1.82, 2.24) is 0 Å². The molecule has 2 aliphatic rings. The van der Waals surface area contributed by atoms with Crippen LogP contribution in [0, 0.1) is 0 Å². The lowest BCUT2D eigenvalue weighted by Crippen LogP contribution is -2.35. The van der Waals surface area contributed by atoms with Gasteiger partial charge in [-0.05, 0) is 61.2 Å². The quantitative estimate of drug-likeness (QED) is 0.520. The Morgan fingerprint density at radius 1 is 1.12 bits per heavy atom. The van der Waals surface area contributed by atoms with Crippen LogP contribution in [-0.4, -0.2) is 49.6 Å². The average Bonchev–Trinajstić information content (AvgIpc) is 3.08. The molecule has 1 N–H and O–H groups in total. The first-order valence-electron chi connectivity index (χ1n) is 9.68. The summed E-state index contributed by atoms with van der Waals surface area (Å²) in [5, 5.41) is 2.98. The van der Waals surface area contributed by atoms with Gasteiger partial charge >= 0.3 is 5.97 Å². The van der Waals surface area contributed by atoms with Gasteiger partial charge in [0.25, 0.3) is 10.0 Å². The predicted octanol–water partition coefficient (Wildman–Crippen LogP) is 2.68. The Kier molecular flexibility index (Phi) is 5.78. The standard InChI is InChI=1S/C21H19N3O6S2/c1-12(19(26)14-3-6-16(7-4-14)22-13(2)25)30-20(27)15-5-8-17-18(11-15)31-21-23-32(28,29)10-9-24(17)21/h3-8,11-12H,9-10H2,1-2H3,(H,22,25)/t12-/m0/s1. The number of amides is 1. The van der Waals surface area contributed by atoms with Crippen LogP contribution in [0.4, 0.5) is 11.4 Å². The molecule has 0 unspecified atom stereocenters. The van der Waals surface area contributed by atoms with E-state index in [1.165, 1.54) is 25.6 Å². The third-order valence-electron chi connectivity index (χ3n) is 4.85. The number of ketones is 1. The van der Waals surface area contributed by atoms with Gasteiger partial charge in [-0.2, -0.15) is 0 Å². The number of hydrogen-bond donors (Lipinski definition) is 1. The van der Waals surface area contributed by atoms with Crippen molar-refractivity contribution in [2.24, 2.45) is 4.40 Å². The third-order valence-corrected chi connectivity index (χ3v) is 7.16. The number of hydrogen-bond acceptors (Lipinski definition) is 8. The van der Waals surface area contributed by atoms with Crippen LogP contribution >= 0.6 is 11.8 Å². The van der Waals surface area contributed by atoms with E-state index in [2.05, 4.69) is 9.71 Å². The molecule has 0 radical (unpaired) electrons. The second-order valence-corrected chi connectivity index (χ2v) is 10.0. The van der Waals surface area contributed by atoms with E-state index in [1.54, 1.807) is 47.4 Å². The summed E-state index contributed by atoms with van der Waals surface area (Å²) in [6.07, 6.45) is -1.02. The molecule has 32 heavy (non-hydrogen) atoms. The number of rotatable bonds is 5. The van der Waals surface area contributed by atoms with Crippen molar-refractivity contribution in [3.8, 4) is 0 Å². The second kappa shape index (κ2) is 8.40. The molecule has 0 aliphatic carbocycles. The Balaban J connectivity index is 1.45. The van der Waals surface area contributed by atoms with E-state index in [0.29, 0.717) is 27.9 Å². The molecule has 2 aliphatic heterocycles. The van der Waals surface area contributed by atoms with Crippen molar-refractivity contribution >= 4 is 56.0 Å². The molecule has 0 saturated heterocycles. The molecular weight excluding hydrogens is 454 g/mol. The van der Waals surface area contributed by atoms with Crippen molar-refractivity contribution in [3.63, 3.8) is 0 Å². The van der Waals surface area contributed by atoms with Crippen LogP contribution < -0.4 is 10.2 Å². The Hall–Kier alpha value is -3.18. The van der Waals surface area contributed by atoms with Crippen molar-refractivity contribution in [3.05, 3.63) is 53.6 Å². The molecule has 11 heteroatoms. The number of fused-ring (bicyclic) bond motifs is 3. The maximum absolute atomic E-state index is 12.6. The van der Waals surface area contributed by atoms with Crippen molar-refractivity contribution < 1.29 is 27.5 Å². The molecule has 0 fully saturated rings. The molecule has 166 valence electrons. The Morgan fingerprint density at radius 3 is 2.50 bits per heavy atom. The first kappa shape index (κ1) is 22.0. The van der Waals surface area contributed by atoms with Gasteiger partial charge < -0.3 is 15.0 Å². The molecule has 0 bridgehead atoms. The summed E-state index contributed by atoms with van der Waals surface area (Å²) >= 11 is 1.17. The van der Waals surface area contributed by atoms with E-state index >= 15 is 0 Å². The van der Waals surface area contributed by atoms with Gasteiger partial charge in [0.05, 0.1) is 17.0 Å². The largest absolute Gasteiger partial charge is 0.451 e. The summed E-state index contributed by atoms with van der Waals surface area (Å²) in [6, 6.07) is 11.2. The molecule has 4 rings (SSSR count). The molecular formula is C21H19N3O6S2. The van der Waals surface area contributed by atoms with Crippen LogP contribution in [-0.2, 0) is 19.6 Å². The van der Waals surface area contributed by atoms with Crippen molar-refractivity contribution in [1.29, 1.82) is 0 Å². The summed E-state index contributed by atoms with van der Waals surface area (Å²) in [7, 11) is -3.47. The van der Waals surface area contributed by atoms with Crippen molar-refractivity contribution in [2.45, 2.75) is 24.8 Å². The molecule has 2 aromatic rings. The highest BCUT2D eigenvalue weighted by Gasteiger charge is 2.33. The van der Waals surface area contributed by atoms with Gasteiger partial charge in [0.2, 0.25) is 11.7 Å². The predicted molar refractivity (Wildman–Crippen MR) is 121 cm³/mol. The topological polar surface area (TPSA) is 122 Å². The Labute approximate surface area is 188 Å². The van der Waals surface area contributed by atoms with E-state index < -0.39 is 22.1 Å². The first-order valence-corrected chi connectivity index (χ1v) is 12.1. The fourth-order valence-corrected chi connectivity index (χ4v) is 5.59. The number of nitrogens with zero attached hydrogens (tertiary/aromatic N) is 2. The van der Waals surface area contributed by atoms with Crippen LogP contribution in [0.15, 0.2) is 51.8 Å². The normalized spacial score (nSPS) is 16.9. The number of benzene rings is 2. The number of nitrogens with one attached hydrogen (secondary N) is 1. The minimum Gasteiger partial charge on any atom is -0.451 e. The number of ether oxygens (including phenoxy) is 1. The van der Waals surface area contributed by atoms with Gasteiger partial charge in [-0.1, -0.05) is 0 Å². The number of sulfonamides is 1. The van der Waals surface area contributed by atoms with E-state index in [0.717, 1.165) is 5.69 Å². The van der Waals surface area contributed by atoms with Gasteiger partial charge in [0, 0.05) is 29.6 Å². The fraction of sp³-hybridized carbons (Fsp3) is 0.238. The zero-order valence-electron chi connectivity index (χ0n) is 17.2. The average molecular weight is 474 g/mol.